The number of hydrogen-bond acceptors (Lipinski definition) is 5. The van der Waals surface area contributed by atoms with Gasteiger partial charge in [0.25, 0.3) is 0 Å². The first kappa shape index (κ1) is 25.9. The van der Waals surface area contributed by atoms with E-state index < -0.39 is 27.9 Å². The Bertz CT molecular complexity index is 1290. The molecule has 0 saturated carbocycles. The average molecular weight is 496 g/mol. The van der Waals surface area contributed by atoms with Gasteiger partial charge in [-0.05, 0) is 59.9 Å². The van der Waals surface area contributed by atoms with Crippen LogP contribution in [0.3, 0.4) is 0 Å². The molecule has 3 aromatic rings. The van der Waals surface area contributed by atoms with Crippen molar-refractivity contribution in [2.45, 2.75) is 37.1 Å². The molecule has 3 rings (SSSR count). The summed E-state index contributed by atoms with van der Waals surface area (Å²) in [6.45, 7) is 3.92. The number of carbonyl (C=O) groups is 2. The van der Waals surface area contributed by atoms with Crippen LogP contribution in [0.25, 0.3) is 0 Å². The van der Waals surface area contributed by atoms with Gasteiger partial charge in [0.1, 0.15) is 16.7 Å². The van der Waals surface area contributed by atoms with Crippen LogP contribution in [0.15, 0.2) is 77.7 Å². The largest absolute Gasteiger partial charge is 0.495 e. The smallest absolute Gasteiger partial charge is 0.248 e. The van der Waals surface area contributed by atoms with Gasteiger partial charge >= 0.3 is 0 Å². The molecule has 0 aromatic heterocycles. The Kier molecular flexibility index (Phi) is 8.26. The van der Waals surface area contributed by atoms with Gasteiger partial charge in [0.05, 0.1) is 7.11 Å². The molecule has 0 saturated heterocycles. The fourth-order valence-corrected chi connectivity index (χ4v) is 4.90. The van der Waals surface area contributed by atoms with Crippen LogP contribution in [-0.2, 0) is 21.2 Å². The topological polar surface area (TPSA) is 128 Å². The van der Waals surface area contributed by atoms with Crippen LogP contribution in [0.2, 0.25) is 0 Å². The zero-order chi connectivity index (χ0) is 25.6. The molecular formula is C26H29N3O5S. The van der Waals surface area contributed by atoms with Gasteiger partial charge in [-0.2, -0.15) is 4.72 Å². The molecule has 9 heteroatoms. The highest BCUT2D eigenvalue weighted by Crippen LogP contribution is 2.28. The Balaban J connectivity index is 1.93. The Hall–Kier alpha value is -3.69. The molecule has 3 aromatic carbocycles. The molecular weight excluding hydrogens is 466 g/mol. The van der Waals surface area contributed by atoms with E-state index in [1.54, 1.807) is 12.1 Å². The highest BCUT2D eigenvalue weighted by atomic mass is 32.2. The van der Waals surface area contributed by atoms with Gasteiger partial charge in [0.2, 0.25) is 21.8 Å². The minimum Gasteiger partial charge on any atom is -0.495 e. The summed E-state index contributed by atoms with van der Waals surface area (Å²) in [5.41, 5.74) is 7.56. The summed E-state index contributed by atoms with van der Waals surface area (Å²) in [5, 5.41) is 2.71. The summed E-state index contributed by atoms with van der Waals surface area (Å²) >= 11 is 0. The Labute approximate surface area is 205 Å². The van der Waals surface area contributed by atoms with Crippen LogP contribution < -0.4 is 20.5 Å². The lowest BCUT2D eigenvalue weighted by Crippen LogP contribution is -2.45. The molecule has 4 N–H and O–H groups in total. The van der Waals surface area contributed by atoms with Crippen molar-refractivity contribution in [3.8, 4) is 5.75 Å². The van der Waals surface area contributed by atoms with Crippen molar-refractivity contribution in [3.05, 3.63) is 89.5 Å². The minimum absolute atomic E-state index is 0.0390. The SMILES string of the molecule is COc1ccc(C(C)C)cc1S(=O)(=O)NC(Cc1ccccc1)C(=O)Nc1ccc(C(N)=O)cc1. The molecule has 0 heterocycles. The van der Waals surface area contributed by atoms with Crippen LogP contribution in [-0.4, -0.2) is 33.4 Å². The van der Waals surface area contributed by atoms with Gasteiger partial charge in [-0.25, -0.2) is 8.42 Å². The second-order valence-electron chi connectivity index (χ2n) is 8.36. The first-order chi connectivity index (χ1) is 16.6. The molecule has 0 aliphatic rings. The van der Waals surface area contributed by atoms with Crippen molar-refractivity contribution in [3.63, 3.8) is 0 Å². The predicted molar refractivity (Wildman–Crippen MR) is 135 cm³/mol. The summed E-state index contributed by atoms with van der Waals surface area (Å²) in [6, 6.07) is 19.0. The van der Waals surface area contributed by atoms with Crippen molar-refractivity contribution in [2.24, 2.45) is 5.73 Å². The molecule has 35 heavy (non-hydrogen) atoms. The molecule has 0 bridgehead atoms. The number of amides is 2. The summed E-state index contributed by atoms with van der Waals surface area (Å²) in [5.74, 6) is -0.858. The third-order valence-electron chi connectivity index (χ3n) is 5.48. The fourth-order valence-electron chi connectivity index (χ4n) is 3.50. The molecule has 8 nitrogen and oxygen atoms in total. The monoisotopic (exact) mass is 495 g/mol. The van der Waals surface area contributed by atoms with Crippen LogP contribution in [0.4, 0.5) is 5.69 Å². The van der Waals surface area contributed by atoms with E-state index in [0.29, 0.717) is 11.3 Å². The summed E-state index contributed by atoms with van der Waals surface area (Å²) in [7, 11) is -2.73. The number of carbonyl (C=O) groups excluding carboxylic acids is 2. The van der Waals surface area contributed by atoms with Gasteiger partial charge in [-0.15, -0.1) is 0 Å². The lowest BCUT2D eigenvalue weighted by molar-refractivity contribution is -0.117. The van der Waals surface area contributed by atoms with Gasteiger partial charge in [-0.1, -0.05) is 50.2 Å². The number of benzene rings is 3. The van der Waals surface area contributed by atoms with E-state index in [1.165, 1.54) is 31.4 Å². The number of ether oxygens (including phenoxy) is 1. The zero-order valence-electron chi connectivity index (χ0n) is 19.8. The fraction of sp³-hybridized carbons (Fsp3) is 0.231. The number of hydrogen-bond donors (Lipinski definition) is 3. The molecule has 0 aliphatic heterocycles. The first-order valence-corrected chi connectivity index (χ1v) is 12.5. The molecule has 0 radical (unpaired) electrons. The minimum atomic E-state index is -4.13. The zero-order valence-corrected chi connectivity index (χ0v) is 20.6. The van der Waals surface area contributed by atoms with E-state index in [9.17, 15) is 18.0 Å². The third-order valence-corrected chi connectivity index (χ3v) is 6.97. The van der Waals surface area contributed by atoms with Crippen LogP contribution in [0.1, 0.15) is 41.3 Å². The highest BCUT2D eigenvalue weighted by molar-refractivity contribution is 7.89. The second kappa shape index (κ2) is 11.2. The maximum atomic E-state index is 13.4. The van der Waals surface area contributed by atoms with Crippen LogP contribution in [0, 0.1) is 0 Å². The Morgan fingerprint density at radius 2 is 1.63 bits per heavy atom. The summed E-state index contributed by atoms with van der Waals surface area (Å²) in [4.78, 5) is 24.5. The third kappa shape index (κ3) is 6.68. The van der Waals surface area contributed by atoms with E-state index in [0.717, 1.165) is 11.1 Å². The van der Waals surface area contributed by atoms with Crippen molar-refractivity contribution < 1.29 is 22.7 Å². The number of methoxy groups -OCH3 is 1. The van der Waals surface area contributed by atoms with Crippen molar-refractivity contribution in [1.82, 2.24) is 4.72 Å². The molecule has 0 spiro atoms. The molecule has 184 valence electrons. The summed E-state index contributed by atoms with van der Waals surface area (Å²) in [6.07, 6.45) is 0.122. The van der Waals surface area contributed by atoms with E-state index in [1.807, 2.05) is 50.2 Å². The maximum Gasteiger partial charge on any atom is 0.248 e. The molecule has 0 aliphatic carbocycles. The van der Waals surface area contributed by atoms with E-state index in [2.05, 4.69) is 10.0 Å². The number of anilines is 1. The normalized spacial score (nSPS) is 12.2. The van der Waals surface area contributed by atoms with Crippen molar-refractivity contribution in [1.29, 1.82) is 0 Å². The quantitative estimate of drug-likeness (QED) is 0.397. The Morgan fingerprint density at radius 3 is 2.20 bits per heavy atom. The van der Waals surface area contributed by atoms with E-state index in [4.69, 9.17) is 10.5 Å². The van der Waals surface area contributed by atoms with Crippen molar-refractivity contribution >= 4 is 27.5 Å². The number of nitrogens with two attached hydrogens (primary N) is 1. The number of nitrogens with one attached hydrogen (secondary N) is 2. The second-order valence-corrected chi connectivity index (χ2v) is 10.0. The lowest BCUT2D eigenvalue weighted by atomic mass is 10.0. The molecule has 2 amide bonds. The summed E-state index contributed by atoms with van der Waals surface area (Å²) < 4.78 is 34.7. The Morgan fingerprint density at radius 1 is 0.971 bits per heavy atom. The van der Waals surface area contributed by atoms with E-state index in [-0.39, 0.29) is 23.0 Å². The first-order valence-electron chi connectivity index (χ1n) is 11.1. The number of primary amides is 1. The number of rotatable bonds is 10. The van der Waals surface area contributed by atoms with Crippen molar-refractivity contribution in [2.75, 3.05) is 12.4 Å². The standard InChI is InChI=1S/C26H29N3O5S/c1-17(2)20-11-14-23(34-3)24(16-20)35(32,33)29-22(15-18-7-5-4-6-8-18)26(31)28-21-12-9-19(10-13-21)25(27)30/h4-14,16-17,22,29H,15H2,1-3H3,(H2,27,30)(H,28,31). The number of sulfonamides is 1. The lowest BCUT2D eigenvalue weighted by Gasteiger charge is -2.20. The maximum absolute atomic E-state index is 13.4. The van der Waals surface area contributed by atoms with Gasteiger partial charge in [-0.3, -0.25) is 9.59 Å². The van der Waals surface area contributed by atoms with Crippen LogP contribution >= 0.6 is 0 Å². The van der Waals surface area contributed by atoms with Crippen LogP contribution in [0.5, 0.6) is 5.75 Å². The highest BCUT2D eigenvalue weighted by Gasteiger charge is 2.29. The average Bonchev–Trinajstić information content (AvgIpc) is 2.84. The van der Waals surface area contributed by atoms with Gasteiger partial charge in [0.15, 0.2) is 0 Å². The molecule has 0 fully saturated rings. The van der Waals surface area contributed by atoms with E-state index >= 15 is 0 Å². The molecule has 1 atom stereocenters. The van der Waals surface area contributed by atoms with Gasteiger partial charge < -0.3 is 15.8 Å². The van der Waals surface area contributed by atoms with Gasteiger partial charge in [0, 0.05) is 11.3 Å². The molecule has 1 unspecified atom stereocenters. The predicted octanol–water partition coefficient (Wildman–Crippen LogP) is 3.45.